The molecule has 0 bridgehead atoms. The minimum absolute atomic E-state index is 0. The third kappa shape index (κ3) is 4.41. The molecule has 1 aromatic heterocycles. The highest BCUT2D eigenvalue weighted by Gasteiger charge is 2.06. The zero-order chi connectivity index (χ0) is 8.10. The van der Waals surface area contributed by atoms with Gasteiger partial charge in [0.1, 0.15) is 5.82 Å². The molecule has 0 aliphatic rings. The molecule has 0 amide bonds. The molecule has 0 aliphatic carbocycles. The van der Waals surface area contributed by atoms with Gasteiger partial charge < -0.3 is 5.32 Å². The fraction of sp³-hybridized carbons (Fsp3) is 0.500. The number of nitrogens with zero attached hydrogens (tertiary/aromatic N) is 2. The Morgan fingerprint density at radius 1 is 1.31 bits per heavy atom. The monoisotopic (exact) mass is 223 g/mol. The summed E-state index contributed by atoms with van der Waals surface area (Å²) in [5.41, 5.74) is 0. The lowest BCUT2D eigenvalue weighted by molar-refractivity contribution is 0.544. The molecule has 0 radical (unpaired) electrons. The third-order valence-corrected chi connectivity index (χ3v) is 1.65. The van der Waals surface area contributed by atoms with Crippen molar-refractivity contribution < 1.29 is 0 Å². The van der Waals surface area contributed by atoms with Crippen molar-refractivity contribution in [1.29, 1.82) is 0 Å². The molecule has 1 N–H and O–H groups in total. The van der Waals surface area contributed by atoms with Gasteiger partial charge in [-0.25, -0.2) is 9.97 Å². The van der Waals surface area contributed by atoms with E-state index in [0.717, 1.165) is 12.2 Å². The topological polar surface area (TPSA) is 37.8 Å². The smallest absolute Gasteiger partial charge is 0.145 e. The molecule has 0 fully saturated rings. The van der Waals surface area contributed by atoms with Gasteiger partial charge >= 0.3 is 0 Å². The first kappa shape index (κ1) is 15.1. The first-order valence-corrected chi connectivity index (χ1v) is 3.82. The minimum atomic E-state index is 0. The predicted octanol–water partition coefficient (Wildman–Crippen LogP) is 1.99. The number of hydrogen-bond acceptors (Lipinski definition) is 3. The maximum absolute atomic E-state index is 4.15. The van der Waals surface area contributed by atoms with Crippen molar-refractivity contribution in [1.82, 2.24) is 15.3 Å². The Balaban J connectivity index is 0. The molecule has 1 atom stereocenters. The summed E-state index contributed by atoms with van der Waals surface area (Å²) in [4.78, 5) is 8.29. The van der Waals surface area contributed by atoms with Gasteiger partial charge in [-0.3, -0.25) is 0 Å². The van der Waals surface area contributed by atoms with Crippen LogP contribution in [0.3, 0.4) is 0 Å². The van der Waals surface area contributed by atoms with Gasteiger partial charge in [0.2, 0.25) is 0 Å². The van der Waals surface area contributed by atoms with E-state index in [0.29, 0.717) is 0 Å². The van der Waals surface area contributed by atoms with E-state index >= 15 is 0 Å². The zero-order valence-corrected chi connectivity index (χ0v) is 9.36. The summed E-state index contributed by atoms with van der Waals surface area (Å²) in [6.45, 7) is 2.11. The van der Waals surface area contributed by atoms with E-state index in [2.05, 4.69) is 22.2 Å². The van der Waals surface area contributed by atoms with Gasteiger partial charge in [0, 0.05) is 12.4 Å². The molecule has 0 aliphatic heterocycles. The summed E-state index contributed by atoms with van der Waals surface area (Å²) >= 11 is 0. The van der Waals surface area contributed by atoms with Crippen molar-refractivity contribution in [2.24, 2.45) is 0 Å². The lowest BCUT2D eigenvalue weighted by atomic mass is 10.2. The van der Waals surface area contributed by atoms with E-state index < -0.39 is 0 Å². The van der Waals surface area contributed by atoms with Crippen LogP contribution in [-0.2, 0) is 0 Å². The predicted molar refractivity (Wildman–Crippen MR) is 58.6 cm³/mol. The molecule has 3 nitrogen and oxygen atoms in total. The van der Waals surface area contributed by atoms with Crippen LogP contribution < -0.4 is 5.32 Å². The molecule has 5 heteroatoms. The Hall–Kier alpha value is -0.380. The van der Waals surface area contributed by atoms with Crippen LogP contribution in [0.4, 0.5) is 0 Å². The highest BCUT2D eigenvalue weighted by Crippen LogP contribution is 2.08. The third-order valence-electron chi connectivity index (χ3n) is 1.65. The molecule has 0 saturated carbocycles. The highest BCUT2D eigenvalue weighted by atomic mass is 35.5. The van der Waals surface area contributed by atoms with Crippen molar-refractivity contribution in [3.8, 4) is 0 Å². The van der Waals surface area contributed by atoms with Crippen molar-refractivity contribution in [3.63, 3.8) is 0 Å². The molecule has 1 unspecified atom stereocenters. The normalized spacial score (nSPS) is 10.9. The fourth-order valence-electron chi connectivity index (χ4n) is 1.01. The van der Waals surface area contributed by atoms with Crippen LogP contribution in [0.2, 0.25) is 0 Å². The second-order valence-corrected chi connectivity index (χ2v) is 2.36. The van der Waals surface area contributed by atoms with Crippen LogP contribution in [0, 0.1) is 0 Å². The number of aromatic nitrogens is 2. The average Bonchev–Trinajstić information content (AvgIpc) is 2.09. The van der Waals surface area contributed by atoms with Crippen molar-refractivity contribution in [2.45, 2.75) is 19.4 Å². The molecule has 1 heterocycles. The van der Waals surface area contributed by atoms with Crippen molar-refractivity contribution in [2.75, 3.05) is 7.05 Å². The van der Waals surface area contributed by atoms with E-state index in [1.54, 1.807) is 12.4 Å². The molecule has 1 aromatic rings. The summed E-state index contributed by atoms with van der Waals surface area (Å²) < 4.78 is 0. The summed E-state index contributed by atoms with van der Waals surface area (Å²) in [5, 5.41) is 3.14. The van der Waals surface area contributed by atoms with Crippen LogP contribution in [0.1, 0.15) is 25.2 Å². The van der Waals surface area contributed by atoms with Crippen LogP contribution in [0.5, 0.6) is 0 Å². The summed E-state index contributed by atoms with van der Waals surface area (Å²) in [5.74, 6) is 0.873. The second kappa shape index (κ2) is 8.23. The molecule has 0 saturated heterocycles. The SMILES string of the molecule is CCC(NC)c1ncccn1.Cl.Cl. The van der Waals surface area contributed by atoms with E-state index in [4.69, 9.17) is 0 Å². The van der Waals surface area contributed by atoms with Crippen LogP contribution in [0.25, 0.3) is 0 Å². The Bertz CT molecular complexity index is 202. The quantitative estimate of drug-likeness (QED) is 0.853. The molecule has 13 heavy (non-hydrogen) atoms. The van der Waals surface area contributed by atoms with E-state index in [-0.39, 0.29) is 30.9 Å². The van der Waals surface area contributed by atoms with Gasteiger partial charge in [-0.1, -0.05) is 6.92 Å². The highest BCUT2D eigenvalue weighted by molar-refractivity contribution is 5.85. The fourth-order valence-corrected chi connectivity index (χ4v) is 1.01. The molecule has 0 spiro atoms. The Morgan fingerprint density at radius 2 is 1.85 bits per heavy atom. The lowest BCUT2D eigenvalue weighted by Crippen LogP contribution is -2.17. The second-order valence-electron chi connectivity index (χ2n) is 2.36. The van der Waals surface area contributed by atoms with E-state index in [1.165, 1.54) is 0 Å². The molecule has 76 valence electrons. The van der Waals surface area contributed by atoms with Crippen molar-refractivity contribution >= 4 is 24.8 Å². The lowest BCUT2D eigenvalue weighted by Gasteiger charge is -2.10. The number of nitrogens with one attached hydrogen (secondary N) is 1. The van der Waals surface area contributed by atoms with E-state index in [9.17, 15) is 0 Å². The van der Waals surface area contributed by atoms with Gasteiger partial charge in [-0.2, -0.15) is 0 Å². The van der Waals surface area contributed by atoms with Crippen LogP contribution >= 0.6 is 24.8 Å². The summed E-state index contributed by atoms with van der Waals surface area (Å²) in [6.07, 6.45) is 4.55. The molecular formula is C8H15Cl2N3. The standard InChI is InChI=1S/C8H13N3.2ClH/c1-3-7(9-2)8-10-5-4-6-11-8;;/h4-7,9H,3H2,1-2H3;2*1H. The number of rotatable bonds is 3. The Morgan fingerprint density at radius 3 is 2.23 bits per heavy atom. The first-order chi connectivity index (χ1) is 5.38. The van der Waals surface area contributed by atoms with Gasteiger partial charge in [0.25, 0.3) is 0 Å². The van der Waals surface area contributed by atoms with Gasteiger partial charge in [-0.05, 0) is 19.5 Å². The number of hydrogen-bond donors (Lipinski definition) is 1. The molecule has 1 rings (SSSR count). The van der Waals surface area contributed by atoms with Gasteiger partial charge in [0.15, 0.2) is 0 Å². The van der Waals surface area contributed by atoms with Crippen LogP contribution in [0.15, 0.2) is 18.5 Å². The maximum Gasteiger partial charge on any atom is 0.145 e. The summed E-state index contributed by atoms with van der Waals surface area (Å²) in [6, 6.07) is 2.11. The maximum atomic E-state index is 4.15. The van der Waals surface area contributed by atoms with Gasteiger partial charge in [0.05, 0.1) is 6.04 Å². The number of halogens is 2. The average molecular weight is 224 g/mol. The van der Waals surface area contributed by atoms with Crippen LogP contribution in [-0.4, -0.2) is 17.0 Å². The minimum Gasteiger partial charge on any atom is -0.310 e. The largest absolute Gasteiger partial charge is 0.310 e. The zero-order valence-electron chi connectivity index (χ0n) is 7.73. The Kier molecular flexibility index (Phi) is 9.56. The molecule has 0 aromatic carbocycles. The Labute approximate surface area is 91.2 Å². The first-order valence-electron chi connectivity index (χ1n) is 3.82. The molecular weight excluding hydrogens is 209 g/mol. The summed E-state index contributed by atoms with van der Waals surface area (Å²) in [7, 11) is 1.92. The van der Waals surface area contributed by atoms with E-state index in [1.807, 2.05) is 13.1 Å². The van der Waals surface area contributed by atoms with Gasteiger partial charge in [-0.15, -0.1) is 24.8 Å². The van der Waals surface area contributed by atoms with Crippen molar-refractivity contribution in [3.05, 3.63) is 24.3 Å².